The highest BCUT2D eigenvalue weighted by Gasteiger charge is 2.34. The Balaban J connectivity index is 1.95. The molecular weight excluding hydrogens is 264 g/mol. The Morgan fingerprint density at radius 1 is 1.47 bits per heavy atom. The van der Waals surface area contributed by atoms with E-state index in [0.29, 0.717) is 17.0 Å². The Kier molecular flexibility index (Phi) is 4.42. The van der Waals surface area contributed by atoms with Gasteiger partial charge in [0.25, 0.3) is 5.69 Å². The fourth-order valence-electron chi connectivity index (χ4n) is 2.60. The van der Waals surface area contributed by atoms with Gasteiger partial charge in [-0.1, -0.05) is 24.9 Å². The minimum atomic E-state index is -0.390. The molecule has 19 heavy (non-hydrogen) atoms. The molecule has 2 rings (SSSR count). The molecule has 104 valence electrons. The summed E-state index contributed by atoms with van der Waals surface area (Å²) in [6, 6.07) is 4.58. The van der Waals surface area contributed by atoms with Gasteiger partial charge in [-0.25, -0.2) is 0 Å². The molecule has 0 saturated heterocycles. The number of benzene rings is 1. The van der Waals surface area contributed by atoms with Crippen molar-refractivity contribution in [3.05, 3.63) is 38.9 Å². The molecule has 0 radical (unpaired) electrons. The maximum atomic E-state index is 10.7. The molecule has 5 heteroatoms. The topological polar surface area (TPSA) is 55.2 Å². The lowest BCUT2D eigenvalue weighted by atomic mass is 9.67. The first kappa shape index (κ1) is 14.3. The average molecular weight is 283 g/mol. The molecule has 0 atom stereocenters. The summed E-state index contributed by atoms with van der Waals surface area (Å²) in [6.07, 6.45) is 5.05. The monoisotopic (exact) mass is 282 g/mol. The van der Waals surface area contributed by atoms with Crippen LogP contribution in [0.5, 0.6) is 0 Å². The molecule has 0 aromatic heterocycles. The highest BCUT2D eigenvalue weighted by Crippen LogP contribution is 2.43. The second-order valence-corrected chi connectivity index (χ2v) is 5.75. The van der Waals surface area contributed by atoms with E-state index in [1.54, 1.807) is 12.1 Å². The number of hydrogen-bond donors (Lipinski definition) is 1. The van der Waals surface area contributed by atoms with Crippen LogP contribution in [-0.2, 0) is 6.54 Å². The van der Waals surface area contributed by atoms with E-state index in [-0.39, 0.29) is 10.6 Å². The van der Waals surface area contributed by atoms with E-state index in [1.165, 1.54) is 31.7 Å². The summed E-state index contributed by atoms with van der Waals surface area (Å²) in [4.78, 5) is 10.4. The van der Waals surface area contributed by atoms with Crippen LogP contribution in [0, 0.1) is 15.5 Å². The third-order valence-corrected chi connectivity index (χ3v) is 4.59. The van der Waals surface area contributed by atoms with E-state index in [0.717, 1.165) is 12.1 Å². The standard InChI is InChI=1S/C14H19ClN2O2/c1-2-14(6-3-7-14)10-16-9-11-8-12(17(18)19)4-5-13(11)15/h4-5,8,16H,2-3,6-7,9-10H2,1H3. The molecular formula is C14H19ClN2O2. The van der Waals surface area contributed by atoms with Crippen molar-refractivity contribution in [3.8, 4) is 0 Å². The van der Waals surface area contributed by atoms with Crippen LogP contribution in [0.4, 0.5) is 5.69 Å². The Hall–Kier alpha value is -1.13. The predicted molar refractivity (Wildman–Crippen MR) is 76.4 cm³/mol. The van der Waals surface area contributed by atoms with E-state index >= 15 is 0 Å². The van der Waals surface area contributed by atoms with Gasteiger partial charge in [0.1, 0.15) is 0 Å². The molecule has 0 aliphatic heterocycles. The number of nitro groups is 1. The van der Waals surface area contributed by atoms with Gasteiger partial charge in [0, 0.05) is 30.2 Å². The van der Waals surface area contributed by atoms with E-state index in [2.05, 4.69) is 12.2 Å². The normalized spacial score (nSPS) is 16.9. The van der Waals surface area contributed by atoms with Gasteiger partial charge in [-0.2, -0.15) is 0 Å². The van der Waals surface area contributed by atoms with Crippen molar-refractivity contribution < 1.29 is 4.92 Å². The zero-order valence-corrected chi connectivity index (χ0v) is 11.9. The van der Waals surface area contributed by atoms with Crippen molar-refractivity contribution >= 4 is 17.3 Å². The molecule has 1 saturated carbocycles. The van der Waals surface area contributed by atoms with E-state index in [4.69, 9.17) is 11.6 Å². The molecule has 1 aliphatic rings. The van der Waals surface area contributed by atoms with E-state index < -0.39 is 0 Å². The van der Waals surface area contributed by atoms with Crippen LogP contribution in [0.1, 0.15) is 38.2 Å². The summed E-state index contributed by atoms with van der Waals surface area (Å²) in [7, 11) is 0. The molecule has 1 aromatic rings. The first-order valence-electron chi connectivity index (χ1n) is 6.70. The van der Waals surface area contributed by atoms with Gasteiger partial charge in [0.15, 0.2) is 0 Å². The second kappa shape index (κ2) is 5.88. The van der Waals surface area contributed by atoms with Crippen molar-refractivity contribution in [2.45, 2.75) is 39.2 Å². The van der Waals surface area contributed by atoms with Gasteiger partial charge in [0.2, 0.25) is 0 Å². The molecule has 0 spiro atoms. The molecule has 0 heterocycles. The van der Waals surface area contributed by atoms with Crippen LogP contribution >= 0.6 is 11.6 Å². The number of hydrogen-bond acceptors (Lipinski definition) is 3. The van der Waals surface area contributed by atoms with Gasteiger partial charge < -0.3 is 5.32 Å². The molecule has 4 nitrogen and oxygen atoms in total. The van der Waals surface area contributed by atoms with Crippen LogP contribution in [0.2, 0.25) is 5.02 Å². The van der Waals surface area contributed by atoms with Crippen molar-refractivity contribution in [2.75, 3.05) is 6.54 Å². The van der Waals surface area contributed by atoms with Gasteiger partial charge in [-0.3, -0.25) is 10.1 Å². The Bertz CT molecular complexity index is 467. The van der Waals surface area contributed by atoms with Gasteiger partial charge in [0.05, 0.1) is 4.92 Å². The summed E-state index contributed by atoms with van der Waals surface area (Å²) in [5, 5.41) is 14.7. The molecule has 0 unspecified atom stereocenters. The number of rotatable bonds is 6. The zero-order chi connectivity index (χ0) is 13.9. The first-order valence-corrected chi connectivity index (χ1v) is 7.08. The molecule has 0 bridgehead atoms. The maximum absolute atomic E-state index is 10.7. The third kappa shape index (κ3) is 3.25. The van der Waals surface area contributed by atoms with Gasteiger partial charge in [-0.15, -0.1) is 0 Å². The molecule has 1 aromatic carbocycles. The summed E-state index contributed by atoms with van der Waals surface area (Å²) in [5.41, 5.74) is 1.32. The summed E-state index contributed by atoms with van der Waals surface area (Å²) < 4.78 is 0. The van der Waals surface area contributed by atoms with Crippen LogP contribution in [0.3, 0.4) is 0 Å². The predicted octanol–water partition coefficient (Wildman–Crippen LogP) is 3.92. The van der Waals surface area contributed by atoms with Crippen molar-refractivity contribution in [2.24, 2.45) is 5.41 Å². The van der Waals surface area contributed by atoms with Crippen molar-refractivity contribution in [1.82, 2.24) is 5.32 Å². The first-order chi connectivity index (χ1) is 9.06. The highest BCUT2D eigenvalue weighted by atomic mass is 35.5. The second-order valence-electron chi connectivity index (χ2n) is 5.34. The number of halogens is 1. The minimum absolute atomic E-state index is 0.0926. The quantitative estimate of drug-likeness (QED) is 0.635. The fraction of sp³-hybridized carbons (Fsp3) is 0.571. The van der Waals surface area contributed by atoms with E-state index in [1.807, 2.05) is 0 Å². The minimum Gasteiger partial charge on any atom is -0.312 e. The third-order valence-electron chi connectivity index (χ3n) is 4.22. The average Bonchev–Trinajstić information content (AvgIpc) is 2.34. The smallest absolute Gasteiger partial charge is 0.269 e. The van der Waals surface area contributed by atoms with Crippen LogP contribution in [0.15, 0.2) is 18.2 Å². The lowest BCUT2D eigenvalue weighted by molar-refractivity contribution is -0.384. The number of non-ortho nitro benzene ring substituents is 1. The lowest BCUT2D eigenvalue weighted by Crippen LogP contribution is -2.39. The number of nitrogens with one attached hydrogen (secondary N) is 1. The Morgan fingerprint density at radius 2 is 2.21 bits per heavy atom. The van der Waals surface area contributed by atoms with Crippen molar-refractivity contribution in [3.63, 3.8) is 0 Å². The highest BCUT2D eigenvalue weighted by molar-refractivity contribution is 6.31. The lowest BCUT2D eigenvalue weighted by Gasteiger charge is -2.41. The summed E-state index contributed by atoms with van der Waals surface area (Å²) >= 11 is 6.07. The SMILES string of the molecule is CCC1(CNCc2cc([N+](=O)[O-])ccc2Cl)CCC1. The summed E-state index contributed by atoms with van der Waals surface area (Å²) in [5.74, 6) is 0. The van der Waals surface area contributed by atoms with E-state index in [9.17, 15) is 10.1 Å². The summed E-state index contributed by atoms with van der Waals surface area (Å²) in [6.45, 7) is 3.77. The van der Waals surface area contributed by atoms with Gasteiger partial charge >= 0.3 is 0 Å². The largest absolute Gasteiger partial charge is 0.312 e. The van der Waals surface area contributed by atoms with Crippen LogP contribution in [0.25, 0.3) is 0 Å². The maximum Gasteiger partial charge on any atom is 0.269 e. The van der Waals surface area contributed by atoms with Crippen LogP contribution < -0.4 is 5.32 Å². The van der Waals surface area contributed by atoms with Crippen molar-refractivity contribution in [1.29, 1.82) is 0 Å². The fourth-order valence-corrected chi connectivity index (χ4v) is 2.79. The Morgan fingerprint density at radius 3 is 2.74 bits per heavy atom. The zero-order valence-electron chi connectivity index (χ0n) is 11.1. The van der Waals surface area contributed by atoms with Gasteiger partial charge in [-0.05, 0) is 36.3 Å². The van der Waals surface area contributed by atoms with Crippen LogP contribution in [-0.4, -0.2) is 11.5 Å². The number of nitro benzene ring substituents is 1. The molecule has 0 amide bonds. The number of nitrogens with zero attached hydrogens (tertiary/aromatic N) is 1. The molecule has 1 fully saturated rings. The molecule has 1 N–H and O–H groups in total. The Labute approximate surface area is 118 Å². The molecule has 1 aliphatic carbocycles.